The highest BCUT2D eigenvalue weighted by molar-refractivity contribution is 6.02. The normalized spacial score (nSPS) is 12.0. The number of aryl methyl sites for hydroxylation is 6. The van der Waals surface area contributed by atoms with Crippen molar-refractivity contribution in [3.8, 4) is 51.7 Å². The van der Waals surface area contributed by atoms with Gasteiger partial charge in [0.15, 0.2) is 23.1 Å². The molecule has 0 unspecified atom stereocenters. The number of carbonyl (C=O) groups is 5. The van der Waals surface area contributed by atoms with Gasteiger partial charge >= 0.3 is 0 Å². The Hall–Kier alpha value is -13.4. The Morgan fingerprint density at radius 2 is 0.483 bits per heavy atom. The van der Waals surface area contributed by atoms with Crippen molar-refractivity contribution in [1.82, 2.24) is 4.90 Å². The van der Waals surface area contributed by atoms with Crippen molar-refractivity contribution >= 4 is 29.0 Å². The standard InChI is InChI=1S/3C19H22O2.3C18H22O.C13H18O2.C10H19NO/c2*1-14-5-7-15(8-6-14)13-21-17-11-9-16(10-12-17)18(20)19(2,3)4;1-14-6-5-7-15(12-14)13-21-17-10-8-16(9-11-17)18(20)19(2,3)4;2*1-14-5-9-16(10-6-14)19-17-11-7-15(8-12-17)13-18(2,3)4;1-18(2,3)13-15-9-11-17(12-10-15)19-14-16-7-5-4-6-8-16;1-9-6-10(8-11(7-9)15-5)12(14)13(2,3)4;1-10(2,3)9(12)11-7-5-4-6-8-11/h3*5-12H,13H2,1-4H3;2*5-12H,13H2,1-4H3;4-12H,13-14H2,1-3H3;6-8H,1-5H3;4-8H2,1-3H3. The van der Waals surface area contributed by atoms with Crippen molar-refractivity contribution in [2.75, 3.05) is 20.2 Å². The number of rotatable bonds is 24. The molecular weight excluding hydrogens is 1820 g/mol. The van der Waals surface area contributed by atoms with Gasteiger partial charge in [0.25, 0.3) is 0 Å². The minimum atomic E-state index is -0.357. The van der Waals surface area contributed by atoms with Crippen molar-refractivity contribution in [3.05, 3.63) is 410 Å². The lowest BCUT2D eigenvalue weighted by atomic mass is 9.86. The van der Waals surface area contributed by atoms with E-state index < -0.39 is 0 Å². The third-order valence-electron chi connectivity index (χ3n) is 23.2. The number of methoxy groups -OCH3 is 1. The summed E-state index contributed by atoms with van der Waals surface area (Å²) in [6, 6.07) is 104. The van der Waals surface area contributed by atoms with Crippen LogP contribution in [0.1, 0.15) is 299 Å². The molecule has 1 aliphatic heterocycles. The minimum Gasteiger partial charge on any atom is -0.497 e. The van der Waals surface area contributed by atoms with Gasteiger partial charge in [0.05, 0.1) is 7.11 Å². The number of hydrogen-bond acceptors (Lipinski definition) is 12. The van der Waals surface area contributed by atoms with Crippen LogP contribution in [0.5, 0.6) is 51.7 Å². The van der Waals surface area contributed by atoms with Crippen molar-refractivity contribution < 1.29 is 57.1 Å². The first-order chi connectivity index (χ1) is 68.8. The van der Waals surface area contributed by atoms with Gasteiger partial charge < -0.3 is 38.1 Å². The summed E-state index contributed by atoms with van der Waals surface area (Å²) in [4.78, 5) is 62.2. The number of likely N-dealkylation sites (tertiary alicyclic amines) is 1. The third-order valence-corrected chi connectivity index (χ3v) is 23.2. The minimum absolute atomic E-state index is 0.143. The van der Waals surface area contributed by atoms with E-state index in [1.165, 1.54) is 69.3 Å². The Morgan fingerprint density at radius 3 is 0.769 bits per heavy atom. The molecule has 13 heteroatoms. The predicted molar refractivity (Wildman–Crippen MR) is 611 cm³/mol. The molecule has 0 N–H and O–H groups in total. The second kappa shape index (κ2) is 56.5. The number of Topliss-reactive ketones (excluding diaryl/α,β-unsaturated/α-hetero) is 4. The summed E-state index contributed by atoms with van der Waals surface area (Å²) in [5.74, 6) is 8.44. The Balaban J connectivity index is 0.000000229. The van der Waals surface area contributed by atoms with Crippen LogP contribution in [0.3, 0.4) is 0 Å². The van der Waals surface area contributed by atoms with Crippen LogP contribution in [-0.4, -0.2) is 54.1 Å². The average Bonchev–Trinajstić information content (AvgIpc) is 0.586. The third kappa shape index (κ3) is 46.9. The summed E-state index contributed by atoms with van der Waals surface area (Å²) in [7, 11) is 1.61. The van der Waals surface area contributed by atoms with Gasteiger partial charge in [-0.2, -0.15) is 0 Å². The molecule has 14 rings (SSSR count). The van der Waals surface area contributed by atoms with Gasteiger partial charge in [0.2, 0.25) is 5.91 Å². The molecule has 1 aliphatic rings. The zero-order chi connectivity index (χ0) is 109. The molecular formula is C134H169NO12. The van der Waals surface area contributed by atoms with Gasteiger partial charge in [-0.05, 0) is 292 Å². The molecule has 0 bridgehead atoms. The molecule has 1 amide bonds. The topological polar surface area (TPSA) is 153 Å². The summed E-state index contributed by atoms with van der Waals surface area (Å²) in [6.45, 7) is 65.8. The number of amides is 1. The molecule has 1 saturated heterocycles. The Morgan fingerprint density at radius 1 is 0.224 bits per heavy atom. The average molecular weight is 1990 g/mol. The molecule has 13 aromatic carbocycles. The predicted octanol–water partition coefficient (Wildman–Crippen LogP) is 35.3. The summed E-state index contributed by atoms with van der Waals surface area (Å²) >= 11 is 0. The second-order valence-electron chi connectivity index (χ2n) is 47.3. The molecule has 147 heavy (non-hydrogen) atoms. The van der Waals surface area contributed by atoms with Crippen LogP contribution in [0.15, 0.2) is 315 Å². The number of ether oxygens (including phenoxy) is 7. The van der Waals surface area contributed by atoms with E-state index in [1.807, 2.05) is 279 Å². The lowest BCUT2D eigenvalue weighted by Gasteiger charge is -2.32. The fourth-order valence-corrected chi connectivity index (χ4v) is 15.2. The number of hydrogen-bond donors (Lipinski definition) is 0. The Kier molecular flexibility index (Phi) is 46.3. The maximum atomic E-state index is 12.2. The number of piperidine rings is 1. The van der Waals surface area contributed by atoms with E-state index >= 15 is 0 Å². The Bertz CT molecular complexity index is 5920. The van der Waals surface area contributed by atoms with E-state index in [0.717, 1.165) is 129 Å². The SMILES string of the molecule is CC(C)(C)C(=O)N1CCCCC1.CC(C)(C)Cc1ccc(OCc2ccccc2)cc1.COc1cc(C)cc(C(=O)C(C)(C)C)c1.Cc1ccc(COc2ccc(C(=O)C(C)(C)C)cc2)cc1.Cc1ccc(COc2ccc(C(=O)C(C)(C)C)cc2)cc1.Cc1ccc(Oc2ccc(CC(C)(C)C)cc2)cc1.Cc1ccc(Oc2ccc(CC(C)(C)C)cc2)cc1.Cc1cccc(COc2ccc(C(=O)C(C)(C)C)cc2)c1. The molecule has 13 aromatic rings. The first-order valence-corrected chi connectivity index (χ1v) is 51.7. The number of ketones is 4. The van der Waals surface area contributed by atoms with Gasteiger partial charge in [-0.1, -0.05) is 358 Å². The molecule has 0 atom stereocenters. The van der Waals surface area contributed by atoms with Crippen LogP contribution in [0.2, 0.25) is 0 Å². The fourth-order valence-electron chi connectivity index (χ4n) is 15.2. The molecule has 1 heterocycles. The van der Waals surface area contributed by atoms with E-state index in [4.69, 9.17) is 33.2 Å². The maximum Gasteiger partial charge on any atom is 0.227 e. The molecule has 13 nitrogen and oxygen atoms in total. The smallest absolute Gasteiger partial charge is 0.227 e. The van der Waals surface area contributed by atoms with Gasteiger partial charge in [-0.15, -0.1) is 0 Å². The van der Waals surface area contributed by atoms with Crippen LogP contribution in [0, 0.1) is 84.9 Å². The summed E-state index contributed by atoms with van der Waals surface area (Å²) in [5.41, 5.74) is 18.2. The first-order valence-electron chi connectivity index (χ1n) is 51.7. The zero-order valence-electron chi connectivity index (χ0n) is 94.4. The van der Waals surface area contributed by atoms with Crippen molar-refractivity contribution in [2.24, 2.45) is 43.3 Å². The lowest BCUT2D eigenvalue weighted by molar-refractivity contribution is -0.140. The van der Waals surface area contributed by atoms with Crippen molar-refractivity contribution in [3.63, 3.8) is 0 Å². The quantitative estimate of drug-likeness (QED) is 0.0529. The molecule has 782 valence electrons. The van der Waals surface area contributed by atoms with Gasteiger partial charge in [-0.25, -0.2) is 0 Å². The van der Waals surface area contributed by atoms with Gasteiger partial charge in [-0.3, -0.25) is 24.0 Å². The van der Waals surface area contributed by atoms with E-state index in [-0.39, 0.29) is 50.2 Å². The fraction of sp³-hybridized carbons (Fsp3) is 0.381. The second-order valence-corrected chi connectivity index (χ2v) is 47.3. The van der Waals surface area contributed by atoms with Gasteiger partial charge in [0, 0.05) is 62.4 Å². The van der Waals surface area contributed by atoms with Crippen LogP contribution < -0.4 is 33.2 Å². The highest BCUT2D eigenvalue weighted by Crippen LogP contribution is 2.34. The Labute approximate surface area is 883 Å². The van der Waals surface area contributed by atoms with Crippen LogP contribution in [0.4, 0.5) is 0 Å². The van der Waals surface area contributed by atoms with Gasteiger partial charge in [0.1, 0.15) is 78.2 Å². The van der Waals surface area contributed by atoms with Crippen LogP contribution >= 0.6 is 0 Å². The highest BCUT2D eigenvalue weighted by Gasteiger charge is 2.30. The first kappa shape index (κ1) is 121. The van der Waals surface area contributed by atoms with E-state index in [9.17, 15) is 24.0 Å². The van der Waals surface area contributed by atoms with Crippen LogP contribution in [-0.2, 0) is 50.5 Å². The summed E-state index contributed by atoms with van der Waals surface area (Å²) in [5, 5.41) is 0. The number of benzene rings is 13. The lowest BCUT2D eigenvalue weighted by Crippen LogP contribution is -2.42. The largest absolute Gasteiger partial charge is 0.497 e. The van der Waals surface area contributed by atoms with E-state index in [2.05, 4.69) is 243 Å². The number of nitrogens with zero attached hydrogens (tertiary/aromatic N) is 1. The molecule has 0 aliphatic carbocycles. The summed E-state index contributed by atoms with van der Waals surface area (Å²) < 4.78 is 39.8. The monoisotopic (exact) mass is 1980 g/mol. The van der Waals surface area contributed by atoms with Crippen molar-refractivity contribution in [2.45, 2.75) is 273 Å². The molecule has 0 saturated carbocycles. The molecule has 0 radical (unpaired) electrons. The zero-order valence-corrected chi connectivity index (χ0v) is 94.4. The molecule has 0 spiro atoms. The van der Waals surface area contributed by atoms with Crippen molar-refractivity contribution in [1.29, 1.82) is 0 Å². The summed E-state index contributed by atoms with van der Waals surface area (Å²) in [6.07, 6.45) is 6.90. The highest BCUT2D eigenvalue weighted by atomic mass is 16.5. The van der Waals surface area contributed by atoms with Crippen LogP contribution in [0.25, 0.3) is 0 Å². The maximum absolute atomic E-state index is 12.2. The van der Waals surface area contributed by atoms with E-state index in [1.54, 1.807) is 13.2 Å². The van der Waals surface area contributed by atoms with E-state index in [0.29, 0.717) is 48.6 Å². The number of carbonyl (C=O) groups excluding carboxylic acids is 5. The molecule has 1 fully saturated rings. The molecule has 0 aromatic heterocycles.